The Labute approximate surface area is 180 Å². The number of aryl methyl sites for hydroxylation is 1. The van der Waals surface area contributed by atoms with Gasteiger partial charge in [-0.05, 0) is 31.2 Å². The molecule has 9 nitrogen and oxygen atoms in total. The van der Waals surface area contributed by atoms with E-state index in [4.69, 9.17) is 9.47 Å². The summed E-state index contributed by atoms with van der Waals surface area (Å²) in [4.78, 5) is 32.5. The Balaban J connectivity index is 1.80. The lowest BCUT2D eigenvalue weighted by molar-refractivity contribution is -0.387. The van der Waals surface area contributed by atoms with Crippen molar-refractivity contribution in [1.29, 1.82) is 0 Å². The maximum atomic E-state index is 12.7. The monoisotopic (exact) mass is 446 g/mol. The maximum Gasteiger partial charge on any atom is 0.284 e. The maximum absolute atomic E-state index is 12.7. The van der Waals surface area contributed by atoms with Gasteiger partial charge in [0.1, 0.15) is 12.3 Å². The molecule has 1 amide bonds. The number of hydrogen-bond acceptors (Lipinski definition) is 9. The second kappa shape index (κ2) is 10.1. The van der Waals surface area contributed by atoms with Crippen molar-refractivity contribution in [2.24, 2.45) is 0 Å². The molecule has 3 rings (SSSR count). The number of nitro groups is 1. The van der Waals surface area contributed by atoms with E-state index in [-0.39, 0.29) is 23.7 Å². The van der Waals surface area contributed by atoms with Gasteiger partial charge in [-0.25, -0.2) is 9.97 Å². The average Bonchev–Trinajstić information content (AvgIpc) is 3.14. The molecular weight excluding hydrogens is 428 g/mol. The molecule has 0 unspecified atom stereocenters. The molecule has 0 aliphatic heterocycles. The van der Waals surface area contributed by atoms with Crippen LogP contribution in [0.1, 0.15) is 16.1 Å². The number of thiazole rings is 1. The molecule has 0 radical (unpaired) electrons. The number of pyridine rings is 1. The highest BCUT2D eigenvalue weighted by molar-refractivity contribution is 8.01. The van der Waals surface area contributed by atoms with Crippen LogP contribution in [0.3, 0.4) is 0 Å². The van der Waals surface area contributed by atoms with Crippen LogP contribution in [-0.4, -0.2) is 41.1 Å². The molecule has 0 atom stereocenters. The van der Waals surface area contributed by atoms with Gasteiger partial charge in [0.05, 0.1) is 16.4 Å². The predicted octanol–water partition coefficient (Wildman–Crippen LogP) is 4.18. The van der Waals surface area contributed by atoms with E-state index in [1.807, 2.05) is 12.3 Å². The first-order valence-electron chi connectivity index (χ1n) is 8.74. The van der Waals surface area contributed by atoms with Crippen LogP contribution in [0.25, 0.3) is 0 Å². The molecule has 1 aromatic carbocycles. The summed E-state index contributed by atoms with van der Waals surface area (Å²) in [5.74, 6) is -0.270. The van der Waals surface area contributed by atoms with Crippen LogP contribution in [0.5, 0.6) is 5.88 Å². The molecule has 0 aliphatic carbocycles. The first-order chi connectivity index (χ1) is 14.5. The van der Waals surface area contributed by atoms with Crippen molar-refractivity contribution >= 4 is 40.4 Å². The zero-order valence-corrected chi connectivity index (χ0v) is 17.8. The number of anilines is 1. The van der Waals surface area contributed by atoms with Gasteiger partial charge in [0.15, 0.2) is 4.34 Å². The highest BCUT2D eigenvalue weighted by atomic mass is 32.2. The number of amides is 1. The molecule has 2 heterocycles. The third-order valence-corrected chi connectivity index (χ3v) is 5.88. The molecule has 0 saturated carbocycles. The minimum Gasteiger partial charge on any atom is -0.474 e. The van der Waals surface area contributed by atoms with Crippen molar-refractivity contribution in [2.75, 3.05) is 25.6 Å². The van der Waals surface area contributed by atoms with Gasteiger partial charge < -0.3 is 14.8 Å². The van der Waals surface area contributed by atoms with E-state index in [0.717, 1.165) is 5.69 Å². The lowest BCUT2D eigenvalue weighted by atomic mass is 10.2. The molecule has 156 valence electrons. The van der Waals surface area contributed by atoms with Crippen molar-refractivity contribution in [3.63, 3.8) is 0 Å². The molecule has 11 heteroatoms. The van der Waals surface area contributed by atoms with Crippen molar-refractivity contribution < 1.29 is 19.2 Å². The number of hydrogen-bond donors (Lipinski definition) is 1. The van der Waals surface area contributed by atoms with Gasteiger partial charge in [-0.1, -0.05) is 11.8 Å². The van der Waals surface area contributed by atoms with Gasteiger partial charge >= 0.3 is 0 Å². The summed E-state index contributed by atoms with van der Waals surface area (Å²) < 4.78 is 11.1. The Morgan fingerprint density at radius 1 is 1.33 bits per heavy atom. The minimum atomic E-state index is -0.511. The standard InChI is InChI=1S/C19H18N4O5S2/c1-12-11-29-19(21-12)30-16-6-5-13(10-15(16)23(25)26)17(24)22-14-4-3-7-20-18(14)28-9-8-27-2/h3-7,10-11H,8-9H2,1-2H3,(H,22,24). The van der Waals surface area contributed by atoms with Gasteiger partial charge in [0.2, 0.25) is 5.88 Å². The summed E-state index contributed by atoms with van der Waals surface area (Å²) in [6.07, 6.45) is 1.54. The molecule has 0 fully saturated rings. The topological polar surface area (TPSA) is 116 Å². The Morgan fingerprint density at radius 3 is 2.87 bits per heavy atom. The smallest absolute Gasteiger partial charge is 0.284 e. The molecule has 0 spiro atoms. The third kappa shape index (κ3) is 5.53. The van der Waals surface area contributed by atoms with E-state index in [0.29, 0.717) is 21.5 Å². The normalized spacial score (nSPS) is 10.6. The molecule has 3 aromatic rings. The SMILES string of the molecule is COCCOc1ncccc1NC(=O)c1ccc(Sc2nc(C)cs2)c([N+](=O)[O-])c1. The second-order valence-corrected chi connectivity index (χ2v) is 8.10. The zero-order chi connectivity index (χ0) is 21.5. The molecule has 1 N–H and O–H groups in total. The largest absolute Gasteiger partial charge is 0.474 e. The molecular formula is C19H18N4O5S2. The van der Waals surface area contributed by atoms with Crippen LogP contribution in [0.2, 0.25) is 0 Å². The Morgan fingerprint density at radius 2 is 2.17 bits per heavy atom. The molecule has 0 saturated heterocycles. The van der Waals surface area contributed by atoms with Gasteiger partial charge in [-0.2, -0.15) is 0 Å². The highest BCUT2D eigenvalue weighted by Gasteiger charge is 2.20. The number of nitro benzene ring substituents is 1. The van der Waals surface area contributed by atoms with Gasteiger partial charge in [0.25, 0.3) is 11.6 Å². The first kappa shape index (κ1) is 21.7. The number of methoxy groups -OCH3 is 1. The summed E-state index contributed by atoms with van der Waals surface area (Å²) in [5.41, 5.74) is 1.19. The van der Waals surface area contributed by atoms with Gasteiger partial charge in [-0.15, -0.1) is 11.3 Å². The number of benzene rings is 1. The van der Waals surface area contributed by atoms with Gasteiger partial charge in [-0.3, -0.25) is 14.9 Å². The summed E-state index contributed by atoms with van der Waals surface area (Å²) in [5, 5.41) is 16.1. The average molecular weight is 447 g/mol. The number of nitrogens with one attached hydrogen (secondary N) is 1. The van der Waals surface area contributed by atoms with Crippen LogP contribution in [0, 0.1) is 17.0 Å². The Hall–Kier alpha value is -3.02. The number of aromatic nitrogens is 2. The zero-order valence-electron chi connectivity index (χ0n) is 16.2. The summed E-state index contributed by atoms with van der Waals surface area (Å²) in [6, 6.07) is 7.62. The number of ether oxygens (including phenoxy) is 2. The second-order valence-electron chi connectivity index (χ2n) is 5.95. The number of rotatable bonds is 9. The van der Waals surface area contributed by atoms with Crippen LogP contribution >= 0.6 is 23.1 Å². The van der Waals surface area contributed by atoms with Crippen LogP contribution in [-0.2, 0) is 4.74 Å². The number of carbonyl (C=O) groups is 1. The van der Waals surface area contributed by atoms with E-state index in [2.05, 4.69) is 15.3 Å². The van der Waals surface area contributed by atoms with Crippen LogP contribution in [0.15, 0.2) is 51.1 Å². The molecule has 2 aromatic heterocycles. The molecule has 0 bridgehead atoms. The lowest BCUT2D eigenvalue weighted by Crippen LogP contribution is -2.14. The highest BCUT2D eigenvalue weighted by Crippen LogP contribution is 2.37. The summed E-state index contributed by atoms with van der Waals surface area (Å²) in [7, 11) is 1.55. The summed E-state index contributed by atoms with van der Waals surface area (Å²) >= 11 is 2.60. The Kier molecular flexibility index (Phi) is 7.33. The van der Waals surface area contributed by atoms with Crippen LogP contribution < -0.4 is 10.1 Å². The fourth-order valence-electron chi connectivity index (χ4n) is 2.38. The molecule has 0 aliphatic rings. The van der Waals surface area contributed by atoms with E-state index in [9.17, 15) is 14.9 Å². The predicted molar refractivity (Wildman–Crippen MR) is 114 cm³/mol. The van der Waals surface area contributed by atoms with E-state index < -0.39 is 10.8 Å². The van der Waals surface area contributed by atoms with Crippen LogP contribution in [0.4, 0.5) is 11.4 Å². The fraction of sp³-hybridized carbons (Fsp3) is 0.211. The quantitative estimate of drug-likeness (QED) is 0.295. The van der Waals surface area contributed by atoms with Crippen molar-refractivity contribution in [3.05, 3.63) is 63.3 Å². The lowest BCUT2D eigenvalue weighted by Gasteiger charge is -2.11. The van der Waals surface area contributed by atoms with Crippen molar-refractivity contribution in [1.82, 2.24) is 9.97 Å². The van der Waals surface area contributed by atoms with Crippen molar-refractivity contribution in [3.8, 4) is 5.88 Å². The fourth-order valence-corrected chi connectivity index (χ4v) is 4.26. The van der Waals surface area contributed by atoms with E-state index >= 15 is 0 Å². The number of nitrogens with zero attached hydrogens (tertiary/aromatic N) is 3. The van der Waals surface area contributed by atoms with Crippen molar-refractivity contribution in [2.45, 2.75) is 16.2 Å². The number of carbonyl (C=O) groups excluding carboxylic acids is 1. The Bertz CT molecular complexity index is 1060. The summed E-state index contributed by atoms with van der Waals surface area (Å²) in [6.45, 7) is 2.49. The van der Waals surface area contributed by atoms with Gasteiger partial charge in [0, 0.05) is 36.0 Å². The molecule has 30 heavy (non-hydrogen) atoms. The minimum absolute atomic E-state index is 0.146. The van der Waals surface area contributed by atoms with E-state index in [1.165, 1.54) is 41.4 Å². The van der Waals surface area contributed by atoms with E-state index in [1.54, 1.807) is 25.3 Å². The third-order valence-electron chi connectivity index (χ3n) is 3.76. The first-order valence-corrected chi connectivity index (χ1v) is 10.4.